The fourth-order valence-corrected chi connectivity index (χ4v) is 3.00. The number of anilines is 1. The maximum absolute atomic E-state index is 12.6. The summed E-state index contributed by atoms with van der Waals surface area (Å²) in [5.41, 5.74) is 2.63. The summed E-state index contributed by atoms with van der Waals surface area (Å²) in [5, 5.41) is 0. The fourth-order valence-electron chi connectivity index (χ4n) is 3.00. The first-order valence-corrected chi connectivity index (χ1v) is 9.57. The molecule has 4 nitrogen and oxygen atoms in total. The molecule has 2 aromatic carbocycles. The minimum atomic E-state index is -0.0869. The number of carbonyl (C=O) groups is 1. The second kappa shape index (κ2) is 8.76. The molecule has 0 saturated heterocycles. The maximum Gasteiger partial charge on any atom is 0.231 e. The molecule has 0 aliphatic carbocycles. The Kier molecular flexibility index (Phi) is 6.17. The number of benzene rings is 2. The summed E-state index contributed by atoms with van der Waals surface area (Å²) >= 11 is 0. The number of rotatable bonds is 8. The molecule has 3 rings (SSSR count). The van der Waals surface area contributed by atoms with Gasteiger partial charge in [0.1, 0.15) is 11.5 Å². The molecule has 0 saturated carbocycles. The largest absolute Gasteiger partial charge is 0.493 e. The van der Waals surface area contributed by atoms with Crippen LogP contribution in [0.15, 0.2) is 48.2 Å². The summed E-state index contributed by atoms with van der Waals surface area (Å²) < 4.78 is 11.6. The van der Waals surface area contributed by atoms with Crippen LogP contribution < -0.4 is 14.4 Å². The Bertz CT molecular complexity index is 822. The SMILES string of the molecule is CCCCCCOc1ccc2c(c1)O/C(=C\c1ccc(N(C)C)cc1)C2=O. The van der Waals surface area contributed by atoms with E-state index >= 15 is 0 Å². The lowest BCUT2D eigenvalue weighted by molar-refractivity contribution is 0.101. The molecular weight excluding hydrogens is 338 g/mol. The number of unbranched alkanes of at least 4 members (excludes halogenated alkanes) is 3. The van der Waals surface area contributed by atoms with Crippen LogP contribution in [0.25, 0.3) is 6.08 Å². The lowest BCUT2D eigenvalue weighted by Crippen LogP contribution is -2.08. The first-order valence-electron chi connectivity index (χ1n) is 9.57. The number of carbonyl (C=O) groups excluding carboxylic acids is 1. The Morgan fingerprint density at radius 2 is 1.81 bits per heavy atom. The molecule has 0 atom stereocenters. The molecule has 1 heterocycles. The third-order valence-electron chi connectivity index (χ3n) is 4.62. The number of ether oxygens (including phenoxy) is 2. The molecule has 0 unspecified atom stereocenters. The average molecular weight is 365 g/mol. The third-order valence-corrected chi connectivity index (χ3v) is 4.62. The van der Waals surface area contributed by atoms with Crippen molar-refractivity contribution < 1.29 is 14.3 Å². The van der Waals surface area contributed by atoms with Gasteiger partial charge in [-0.05, 0) is 42.3 Å². The van der Waals surface area contributed by atoms with Gasteiger partial charge in [-0.15, -0.1) is 0 Å². The highest BCUT2D eigenvalue weighted by Crippen LogP contribution is 2.35. The first kappa shape index (κ1) is 19.0. The van der Waals surface area contributed by atoms with Crippen molar-refractivity contribution in [3.8, 4) is 11.5 Å². The topological polar surface area (TPSA) is 38.8 Å². The highest BCUT2D eigenvalue weighted by Gasteiger charge is 2.27. The van der Waals surface area contributed by atoms with Gasteiger partial charge in [-0.3, -0.25) is 4.79 Å². The molecule has 27 heavy (non-hydrogen) atoms. The van der Waals surface area contributed by atoms with Gasteiger partial charge in [0.25, 0.3) is 0 Å². The summed E-state index contributed by atoms with van der Waals surface area (Å²) in [6.07, 6.45) is 6.44. The van der Waals surface area contributed by atoms with Crippen molar-refractivity contribution in [2.45, 2.75) is 32.6 Å². The molecule has 142 valence electrons. The van der Waals surface area contributed by atoms with Crippen LogP contribution in [0.2, 0.25) is 0 Å². The monoisotopic (exact) mass is 365 g/mol. The Labute approximate surface area is 161 Å². The van der Waals surface area contributed by atoms with Gasteiger partial charge in [0, 0.05) is 25.8 Å². The van der Waals surface area contributed by atoms with E-state index in [2.05, 4.69) is 6.92 Å². The van der Waals surface area contributed by atoms with Crippen LogP contribution in [0.5, 0.6) is 11.5 Å². The molecule has 0 N–H and O–H groups in total. The van der Waals surface area contributed by atoms with E-state index in [1.165, 1.54) is 19.3 Å². The Hall–Kier alpha value is -2.75. The molecule has 4 heteroatoms. The zero-order valence-corrected chi connectivity index (χ0v) is 16.3. The van der Waals surface area contributed by atoms with Crippen LogP contribution in [0.4, 0.5) is 5.69 Å². The summed E-state index contributed by atoms with van der Waals surface area (Å²) in [7, 11) is 3.99. The number of fused-ring (bicyclic) bond motifs is 1. The van der Waals surface area contributed by atoms with Crippen LogP contribution in [0, 0.1) is 0 Å². The number of nitrogens with zero attached hydrogens (tertiary/aromatic N) is 1. The normalized spacial score (nSPS) is 14.2. The number of allylic oxidation sites excluding steroid dienone is 1. The highest BCUT2D eigenvalue weighted by atomic mass is 16.5. The minimum absolute atomic E-state index is 0.0869. The predicted molar refractivity (Wildman–Crippen MR) is 110 cm³/mol. The quantitative estimate of drug-likeness (QED) is 0.468. The summed E-state index contributed by atoms with van der Waals surface area (Å²) in [4.78, 5) is 14.6. The second-order valence-corrected chi connectivity index (χ2v) is 6.99. The molecule has 2 aromatic rings. The molecule has 0 amide bonds. The molecule has 1 aliphatic rings. The van der Waals surface area contributed by atoms with Crippen molar-refractivity contribution in [1.29, 1.82) is 0 Å². The molecule has 0 aromatic heterocycles. The molecule has 0 radical (unpaired) electrons. The minimum Gasteiger partial charge on any atom is -0.493 e. The van der Waals surface area contributed by atoms with Gasteiger partial charge in [0.2, 0.25) is 5.78 Å². The van der Waals surface area contributed by atoms with Gasteiger partial charge in [0.05, 0.1) is 12.2 Å². The van der Waals surface area contributed by atoms with Crippen molar-refractivity contribution in [2.24, 2.45) is 0 Å². The molecule has 0 fully saturated rings. The lowest BCUT2D eigenvalue weighted by Gasteiger charge is -2.11. The van der Waals surface area contributed by atoms with Crippen LogP contribution in [0.1, 0.15) is 48.5 Å². The van der Waals surface area contributed by atoms with Gasteiger partial charge in [-0.2, -0.15) is 0 Å². The fraction of sp³-hybridized carbons (Fsp3) is 0.348. The third kappa shape index (κ3) is 4.70. The summed E-state index contributed by atoms with van der Waals surface area (Å²) in [6, 6.07) is 13.4. The van der Waals surface area contributed by atoms with E-state index in [4.69, 9.17) is 9.47 Å². The molecule has 0 spiro atoms. The summed E-state index contributed by atoms with van der Waals surface area (Å²) in [5.74, 6) is 1.58. The van der Waals surface area contributed by atoms with Crippen LogP contribution >= 0.6 is 0 Å². The van der Waals surface area contributed by atoms with Gasteiger partial charge < -0.3 is 14.4 Å². The van der Waals surface area contributed by atoms with E-state index in [-0.39, 0.29) is 5.78 Å². The van der Waals surface area contributed by atoms with E-state index in [1.54, 1.807) is 12.1 Å². The number of Topliss-reactive ketones (excluding diaryl/α,β-unsaturated/α-hetero) is 1. The van der Waals surface area contributed by atoms with E-state index in [0.29, 0.717) is 23.7 Å². The van der Waals surface area contributed by atoms with Crippen LogP contribution in [-0.4, -0.2) is 26.5 Å². The zero-order chi connectivity index (χ0) is 19.2. The standard InChI is InChI=1S/C23H27NO3/c1-4-5-6-7-14-26-19-12-13-20-21(16-19)27-22(23(20)25)15-17-8-10-18(11-9-17)24(2)3/h8-13,15-16H,4-7,14H2,1-3H3/b22-15-. The lowest BCUT2D eigenvalue weighted by atomic mass is 10.1. The Morgan fingerprint density at radius 1 is 1.04 bits per heavy atom. The van der Waals surface area contributed by atoms with Crippen molar-refractivity contribution in [2.75, 3.05) is 25.6 Å². The van der Waals surface area contributed by atoms with Crippen molar-refractivity contribution in [3.63, 3.8) is 0 Å². The van der Waals surface area contributed by atoms with E-state index in [0.717, 1.165) is 23.4 Å². The van der Waals surface area contributed by atoms with E-state index < -0.39 is 0 Å². The van der Waals surface area contributed by atoms with Crippen LogP contribution in [0.3, 0.4) is 0 Å². The van der Waals surface area contributed by atoms with Crippen molar-refractivity contribution in [1.82, 2.24) is 0 Å². The van der Waals surface area contributed by atoms with Gasteiger partial charge in [-0.1, -0.05) is 38.3 Å². The van der Waals surface area contributed by atoms with E-state index in [9.17, 15) is 4.79 Å². The Morgan fingerprint density at radius 3 is 2.52 bits per heavy atom. The number of hydrogen-bond acceptors (Lipinski definition) is 4. The number of hydrogen-bond donors (Lipinski definition) is 0. The summed E-state index contributed by atoms with van der Waals surface area (Å²) in [6.45, 7) is 2.88. The molecule has 0 bridgehead atoms. The second-order valence-electron chi connectivity index (χ2n) is 6.99. The number of ketones is 1. The Balaban J connectivity index is 1.67. The van der Waals surface area contributed by atoms with Gasteiger partial charge >= 0.3 is 0 Å². The smallest absolute Gasteiger partial charge is 0.231 e. The first-order chi connectivity index (χ1) is 13.1. The van der Waals surface area contributed by atoms with Gasteiger partial charge in [0.15, 0.2) is 5.76 Å². The maximum atomic E-state index is 12.6. The van der Waals surface area contributed by atoms with Crippen LogP contribution in [-0.2, 0) is 0 Å². The zero-order valence-electron chi connectivity index (χ0n) is 16.3. The van der Waals surface area contributed by atoms with Crippen molar-refractivity contribution in [3.05, 3.63) is 59.4 Å². The molecule has 1 aliphatic heterocycles. The van der Waals surface area contributed by atoms with E-state index in [1.807, 2.05) is 55.4 Å². The molecular formula is C23H27NO3. The predicted octanol–water partition coefficient (Wildman–Crippen LogP) is 5.33. The van der Waals surface area contributed by atoms with Crippen molar-refractivity contribution >= 4 is 17.5 Å². The van der Waals surface area contributed by atoms with Gasteiger partial charge in [-0.25, -0.2) is 0 Å². The average Bonchev–Trinajstić information content (AvgIpc) is 2.97. The highest BCUT2D eigenvalue weighted by molar-refractivity contribution is 6.14.